The summed E-state index contributed by atoms with van der Waals surface area (Å²) < 4.78 is 23.2. The lowest BCUT2D eigenvalue weighted by Crippen LogP contribution is -2.30. The van der Waals surface area contributed by atoms with Gasteiger partial charge in [0.25, 0.3) is 11.8 Å². The molecule has 2 rings (SSSR count). The Morgan fingerprint density at radius 3 is 2.28 bits per heavy atom. The summed E-state index contributed by atoms with van der Waals surface area (Å²) in [6.45, 7) is 2.39. The highest BCUT2D eigenvalue weighted by molar-refractivity contribution is 6.33. The first-order valence-electron chi connectivity index (χ1n) is 8.87. The minimum atomic E-state index is -0.816. The third-order valence-electron chi connectivity index (χ3n) is 3.69. The molecule has 2 aromatic carbocycles. The van der Waals surface area contributed by atoms with Gasteiger partial charge in [-0.2, -0.15) is 0 Å². The molecule has 0 aromatic heterocycles. The summed E-state index contributed by atoms with van der Waals surface area (Å²) in [5, 5.41) is 5.28. The van der Waals surface area contributed by atoms with E-state index in [9.17, 15) is 18.8 Å². The van der Waals surface area contributed by atoms with E-state index in [2.05, 4.69) is 15.4 Å². The Hall–Kier alpha value is -3.13. The van der Waals surface area contributed by atoms with E-state index in [1.54, 1.807) is 6.92 Å². The fourth-order valence-corrected chi connectivity index (χ4v) is 2.56. The van der Waals surface area contributed by atoms with Crippen LogP contribution in [0.25, 0.3) is 0 Å². The van der Waals surface area contributed by atoms with Gasteiger partial charge in [0.05, 0.1) is 17.2 Å². The molecular formula is C20H20ClFN2O5. The molecule has 0 unspecified atom stereocenters. The second kappa shape index (κ2) is 11.0. The van der Waals surface area contributed by atoms with Crippen LogP contribution in [0.1, 0.15) is 34.1 Å². The van der Waals surface area contributed by atoms with E-state index in [4.69, 9.17) is 16.3 Å². The largest absolute Gasteiger partial charge is 0.513 e. The fourth-order valence-electron chi connectivity index (χ4n) is 2.32. The average molecular weight is 423 g/mol. The van der Waals surface area contributed by atoms with Crippen LogP contribution in [0.4, 0.5) is 9.18 Å². The van der Waals surface area contributed by atoms with Gasteiger partial charge in [-0.05, 0) is 49.7 Å². The molecule has 0 bridgehead atoms. The zero-order valence-electron chi connectivity index (χ0n) is 15.7. The van der Waals surface area contributed by atoms with Crippen molar-refractivity contribution >= 4 is 29.6 Å². The van der Waals surface area contributed by atoms with Crippen LogP contribution in [0, 0.1) is 5.82 Å². The Bertz CT molecular complexity index is 853. The third-order valence-corrected chi connectivity index (χ3v) is 4.01. The monoisotopic (exact) mass is 422 g/mol. The van der Waals surface area contributed by atoms with E-state index in [0.717, 1.165) is 6.07 Å². The quantitative estimate of drug-likeness (QED) is 0.385. The van der Waals surface area contributed by atoms with Crippen LogP contribution in [0.3, 0.4) is 0 Å². The number of hydrogen-bond donors (Lipinski definition) is 2. The number of hydrogen-bond acceptors (Lipinski definition) is 5. The highest BCUT2D eigenvalue weighted by Crippen LogP contribution is 2.18. The zero-order chi connectivity index (χ0) is 21.2. The molecule has 0 fully saturated rings. The van der Waals surface area contributed by atoms with E-state index in [0.29, 0.717) is 18.5 Å². The molecule has 0 heterocycles. The average Bonchev–Trinajstić information content (AvgIpc) is 2.68. The molecule has 29 heavy (non-hydrogen) atoms. The number of halogens is 2. The molecule has 0 aliphatic carbocycles. The number of nitrogens with one attached hydrogen (secondary N) is 2. The van der Waals surface area contributed by atoms with Crippen molar-refractivity contribution in [3.8, 4) is 5.75 Å². The molecule has 0 saturated heterocycles. The van der Waals surface area contributed by atoms with E-state index >= 15 is 0 Å². The van der Waals surface area contributed by atoms with E-state index in [1.807, 2.05) is 0 Å². The number of amides is 2. The van der Waals surface area contributed by atoms with Crippen molar-refractivity contribution in [3.05, 3.63) is 64.4 Å². The Morgan fingerprint density at radius 1 is 1.00 bits per heavy atom. The molecule has 0 aliphatic heterocycles. The zero-order valence-corrected chi connectivity index (χ0v) is 16.4. The summed E-state index contributed by atoms with van der Waals surface area (Å²) >= 11 is 5.84. The number of carbonyl (C=O) groups is 3. The first-order chi connectivity index (χ1) is 13.9. The van der Waals surface area contributed by atoms with E-state index in [1.165, 1.54) is 36.4 Å². The van der Waals surface area contributed by atoms with Gasteiger partial charge in [-0.25, -0.2) is 9.18 Å². The number of rotatable bonds is 8. The second-order valence-electron chi connectivity index (χ2n) is 5.77. The normalized spacial score (nSPS) is 10.2. The van der Waals surface area contributed by atoms with Crippen molar-refractivity contribution in [2.75, 3.05) is 19.7 Å². The maximum Gasteiger partial charge on any atom is 0.513 e. The topological polar surface area (TPSA) is 93.7 Å². The third kappa shape index (κ3) is 6.76. The summed E-state index contributed by atoms with van der Waals surface area (Å²) in [5.74, 6) is -1.37. The molecule has 7 nitrogen and oxygen atoms in total. The first kappa shape index (κ1) is 22.2. The van der Waals surface area contributed by atoms with Gasteiger partial charge in [-0.15, -0.1) is 0 Å². The van der Waals surface area contributed by atoms with Crippen molar-refractivity contribution in [3.63, 3.8) is 0 Å². The summed E-state index contributed by atoms with van der Waals surface area (Å²) in [6.07, 6.45) is -0.378. The van der Waals surface area contributed by atoms with E-state index in [-0.39, 0.29) is 35.4 Å². The minimum Gasteiger partial charge on any atom is -0.434 e. The smallest absolute Gasteiger partial charge is 0.434 e. The van der Waals surface area contributed by atoms with Gasteiger partial charge >= 0.3 is 6.16 Å². The van der Waals surface area contributed by atoms with Gasteiger partial charge in [-0.3, -0.25) is 9.59 Å². The standard InChI is InChI=1S/C20H20ClFN2O5/c1-2-28-20(27)29-14-9-7-13(8-10-14)18(25)23-11-4-12-24-19(26)17-15(21)5-3-6-16(17)22/h3,5-10H,2,4,11-12H2,1H3,(H,23,25)(H,24,26). The van der Waals surface area contributed by atoms with Crippen molar-refractivity contribution < 1.29 is 28.2 Å². The number of ether oxygens (including phenoxy) is 2. The summed E-state index contributed by atoms with van der Waals surface area (Å²) in [7, 11) is 0. The molecule has 9 heteroatoms. The molecule has 0 atom stereocenters. The van der Waals surface area contributed by atoms with Gasteiger partial charge in [0.1, 0.15) is 11.6 Å². The Morgan fingerprint density at radius 2 is 1.66 bits per heavy atom. The van der Waals surface area contributed by atoms with Crippen molar-refractivity contribution in [1.29, 1.82) is 0 Å². The van der Waals surface area contributed by atoms with Crippen LogP contribution < -0.4 is 15.4 Å². The maximum atomic E-state index is 13.7. The molecule has 2 aromatic rings. The predicted molar refractivity (Wildman–Crippen MR) is 105 cm³/mol. The molecule has 2 N–H and O–H groups in total. The summed E-state index contributed by atoms with van der Waals surface area (Å²) in [6, 6.07) is 9.97. The highest BCUT2D eigenvalue weighted by atomic mass is 35.5. The molecule has 0 radical (unpaired) electrons. The second-order valence-corrected chi connectivity index (χ2v) is 6.18. The van der Waals surface area contributed by atoms with Crippen molar-refractivity contribution in [2.45, 2.75) is 13.3 Å². The molecule has 154 valence electrons. The Labute approximate surface area is 172 Å². The lowest BCUT2D eigenvalue weighted by molar-refractivity contribution is 0.0948. The van der Waals surface area contributed by atoms with Crippen LogP contribution in [-0.4, -0.2) is 37.7 Å². The van der Waals surface area contributed by atoms with Crippen molar-refractivity contribution in [2.24, 2.45) is 0 Å². The minimum absolute atomic E-state index is 0.0335. The van der Waals surface area contributed by atoms with Gasteiger partial charge in [-0.1, -0.05) is 17.7 Å². The molecule has 0 aliphatic rings. The maximum absolute atomic E-state index is 13.7. The Kier molecular flexibility index (Phi) is 8.42. The van der Waals surface area contributed by atoms with Gasteiger partial charge in [0.2, 0.25) is 0 Å². The van der Waals surface area contributed by atoms with Crippen LogP contribution in [-0.2, 0) is 4.74 Å². The fraction of sp³-hybridized carbons (Fsp3) is 0.250. The highest BCUT2D eigenvalue weighted by Gasteiger charge is 2.15. The van der Waals surface area contributed by atoms with Crippen LogP contribution in [0.15, 0.2) is 42.5 Å². The molecule has 0 spiro atoms. The summed E-state index contributed by atoms with van der Waals surface area (Å²) in [5.41, 5.74) is 0.173. The van der Waals surface area contributed by atoms with Crippen LogP contribution in [0.5, 0.6) is 5.75 Å². The van der Waals surface area contributed by atoms with Gasteiger partial charge in [0.15, 0.2) is 0 Å². The van der Waals surface area contributed by atoms with Crippen molar-refractivity contribution in [1.82, 2.24) is 10.6 Å². The Balaban J connectivity index is 1.73. The number of carbonyl (C=O) groups excluding carboxylic acids is 3. The predicted octanol–water partition coefficient (Wildman–Crippen LogP) is 3.56. The van der Waals surface area contributed by atoms with Crippen LogP contribution >= 0.6 is 11.6 Å². The SMILES string of the molecule is CCOC(=O)Oc1ccc(C(=O)NCCCNC(=O)c2c(F)cccc2Cl)cc1. The first-order valence-corrected chi connectivity index (χ1v) is 9.25. The molecule has 2 amide bonds. The molecule has 0 saturated carbocycles. The number of benzene rings is 2. The van der Waals surface area contributed by atoms with Crippen LogP contribution in [0.2, 0.25) is 5.02 Å². The van der Waals surface area contributed by atoms with Gasteiger partial charge < -0.3 is 20.1 Å². The summed E-state index contributed by atoms with van der Waals surface area (Å²) in [4.78, 5) is 35.3. The van der Waals surface area contributed by atoms with E-state index < -0.39 is 17.9 Å². The lowest BCUT2D eigenvalue weighted by atomic mass is 10.2. The lowest BCUT2D eigenvalue weighted by Gasteiger charge is -2.09. The molecular weight excluding hydrogens is 403 g/mol. The van der Waals surface area contributed by atoms with Gasteiger partial charge in [0, 0.05) is 18.7 Å².